The van der Waals surface area contributed by atoms with Crippen LogP contribution in [0, 0.1) is 11.8 Å². The van der Waals surface area contributed by atoms with Gasteiger partial charge in [-0.1, -0.05) is 25.3 Å². The van der Waals surface area contributed by atoms with E-state index in [-0.39, 0.29) is 28.9 Å². The van der Waals surface area contributed by atoms with Crippen LogP contribution in [0.4, 0.5) is 24.5 Å². The number of benzene rings is 2. The molecule has 2 aromatic carbocycles. The van der Waals surface area contributed by atoms with Crippen molar-refractivity contribution in [1.82, 2.24) is 4.57 Å². The fourth-order valence-electron chi connectivity index (χ4n) is 3.90. The van der Waals surface area contributed by atoms with Gasteiger partial charge in [0.25, 0.3) is 0 Å². The number of anilines is 2. The van der Waals surface area contributed by atoms with Crippen molar-refractivity contribution in [1.29, 1.82) is 0 Å². The molecule has 1 unspecified atom stereocenters. The number of sulfonamides is 1. The summed E-state index contributed by atoms with van der Waals surface area (Å²) in [6, 6.07) is 11.1. The van der Waals surface area contributed by atoms with Crippen molar-refractivity contribution in [3.8, 4) is 17.6 Å². The third kappa shape index (κ3) is 6.86. The molecule has 0 fully saturated rings. The third-order valence-corrected chi connectivity index (χ3v) is 6.40. The lowest BCUT2D eigenvalue weighted by Crippen LogP contribution is -2.18. The molecular weight excluding hydrogens is 493 g/mol. The first-order valence-corrected chi connectivity index (χ1v) is 12.9. The molecule has 0 saturated heterocycles. The van der Waals surface area contributed by atoms with Crippen LogP contribution in [0.2, 0.25) is 0 Å². The second-order valence-electron chi connectivity index (χ2n) is 8.37. The van der Waals surface area contributed by atoms with Gasteiger partial charge in [0.1, 0.15) is 12.3 Å². The Morgan fingerprint density at radius 3 is 2.56 bits per heavy atom. The Morgan fingerprint density at radius 1 is 1.17 bits per heavy atom. The SMILES string of the molecule is CCCC(C)Nc1cccc2c1cc(C#CCNc1ccc(S(N)(=O)=O)cc1OC)n2CC(F)(F)F. The number of methoxy groups -OCH3 is 1. The number of hydrogen-bond acceptors (Lipinski definition) is 5. The van der Waals surface area contributed by atoms with Crippen molar-refractivity contribution in [2.45, 2.75) is 50.3 Å². The minimum atomic E-state index is -4.42. The van der Waals surface area contributed by atoms with E-state index >= 15 is 0 Å². The molecular formula is C25H29F3N4O3S. The first-order chi connectivity index (χ1) is 16.9. The molecule has 0 amide bonds. The van der Waals surface area contributed by atoms with Gasteiger partial charge < -0.3 is 19.9 Å². The smallest absolute Gasteiger partial charge is 0.406 e. The van der Waals surface area contributed by atoms with Gasteiger partial charge in [0.05, 0.1) is 35.4 Å². The van der Waals surface area contributed by atoms with E-state index < -0.39 is 22.7 Å². The minimum Gasteiger partial charge on any atom is -0.495 e. The molecule has 1 aromatic heterocycles. The first-order valence-electron chi connectivity index (χ1n) is 11.3. The highest BCUT2D eigenvalue weighted by molar-refractivity contribution is 7.89. The standard InChI is InChI=1S/C25H29F3N4O3S/c1-4-7-17(2)31-21-9-5-10-23-20(21)14-18(32(23)16-25(26,27)28)8-6-13-30-22-12-11-19(36(29,33)34)15-24(22)35-3/h5,9-12,14-15,17,30-31H,4,7,13,16H2,1-3H3,(H2,29,33,34). The average Bonchev–Trinajstić information content (AvgIpc) is 3.13. The van der Waals surface area contributed by atoms with Crippen molar-refractivity contribution < 1.29 is 26.3 Å². The van der Waals surface area contributed by atoms with Crippen LogP contribution in [0.3, 0.4) is 0 Å². The number of ether oxygens (including phenoxy) is 1. The van der Waals surface area contributed by atoms with E-state index in [0.29, 0.717) is 16.6 Å². The second-order valence-corrected chi connectivity index (χ2v) is 9.93. The molecule has 0 aliphatic heterocycles. The molecule has 11 heteroatoms. The number of aromatic nitrogens is 1. The van der Waals surface area contributed by atoms with E-state index in [1.54, 1.807) is 18.2 Å². The zero-order valence-electron chi connectivity index (χ0n) is 20.2. The van der Waals surface area contributed by atoms with Crippen LogP contribution in [0.5, 0.6) is 5.75 Å². The highest BCUT2D eigenvalue weighted by Crippen LogP contribution is 2.31. The molecule has 0 aliphatic rings. The number of hydrogen-bond donors (Lipinski definition) is 3. The summed E-state index contributed by atoms with van der Waals surface area (Å²) in [4.78, 5) is -0.106. The summed E-state index contributed by atoms with van der Waals surface area (Å²) < 4.78 is 69.6. The summed E-state index contributed by atoms with van der Waals surface area (Å²) in [7, 11) is -2.52. The monoisotopic (exact) mass is 522 g/mol. The summed E-state index contributed by atoms with van der Waals surface area (Å²) in [5.41, 5.74) is 1.90. The predicted molar refractivity (Wildman–Crippen MR) is 136 cm³/mol. The number of nitrogens with zero attached hydrogens (tertiary/aromatic N) is 1. The van der Waals surface area contributed by atoms with Gasteiger partial charge in [0, 0.05) is 23.2 Å². The number of fused-ring (bicyclic) bond motifs is 1. The topological polar surface area (TPSA) is 98.4 Å². The highest BCUT2D eigenvalue weighted by atomic mass is 32.2. The largest absolute Gasteiger partial charge is 0.495 e. The third-order valence-electron chi connectivity index (χ3n) is 5.49. The fourth-order valence-corrected chi connectivity index (χ4v) is 4.43. The van der Waals surface area contributed by atoms with Crippen LogP contribution in [-0.4, -0.2) is 38.9 Å². The Bertz CT molecular complexity index is 1390. The Hall–Kier alpha value is -3.36. The molecule has 3 rings (SSSR count). The molecule has 0 spiro atoms. The van der Waals surface area contributed by atoms with Gasteiger partial charge in [-0.2, -0.15) is 13.2 Å². The number of primary sulfonamides is 1. The van der Waals surface area contributed by atoms with Crippen molar-refractivity contribution in [2.75, 3.05) is 24.3 Å². The minimum absolute atomic E-state index is 0.0806. The van der Waals surface area contributed by atoms with Crippen molar-refractivity contribution in [3.05, 3.63) is 48.2 Å². The van der Waals surface area contributed by atoms with Gasteiger partial charge in [-0.3, -0.25) is 0 Å². The van der Waals surface area contributed by atoms with E-state index in [0.717, 1.165) is 18.5 Å². The zero-order chi connectivity index (χ0) is 26.5. The van der Waals surface area contributed by atoms with Gasteiger partial charge in [-0.25, -0.2) is 13.6 Å². The van der Waals surface area contributed by atoms with Crippen LogP contribution < -0.4 is 20.5 Å². The van der Waals surface area contributed by atoms with Crippen LogP contribution in [0.1, 0.15) is 32.4 Å². The molecule has 194 valence electrons. The quantitative estimate of drug-likeness (QED) is 0.347. The number of alkyl halides is 3. The first kappa shape index (κ1) is 27.2. The van der Waals surface area contributed by atoms with Gasteiger partial charge in [0.2, 0.25) is 10.0 Å². The lowest BCUT2D eigenvalue weighted by Gasteiger charge is -2.16. The Balaban J connectivity index is 1.90. The molecule has 1 atom stereocenters. The lowest BCUT2D eigenvalue weighted by atomic mass is 10.1. The van der Waals surface area contributed by atoms with E-state index in [9.17, 15) is 21.6 Å². The normalized spacial score (nSPS) is 12.6. The number of halogens is 3. The summed E-state index contributed by atoms with van der Waals surface area (Å²) in [5.74, 6) is 5.93. The Kier molecular flexibility index (Phi) is 8.43. The molecule has 0 saturated carbocycles. The van der Waals surface area contributed by atoms with Gasteiger partial charge in [-0.05, 0) is 49.6 Å². The summed E-state index contributed by atoms with van der Waals surface area (Å²) in [5, 5.41) is 12.2. The van der Waals surface area contributed by atoms with E-state index in [1.165, 1.54) is 29.9 Å². The van der Waals surface area contributed by atoms with E-state index in [4.69, 9.17) is 9.88 Å². The van der Waals surface area contributed by atoms with Crippen LogP contribution in [0.15, 0.2) is 47.4 Å². The Morgan fingerprint density at radius 2 is 1.92 bits per heavy atom. The lowest BCUT2D eigenvalue weighted by molar-refractivity contribution is -0.140. The van der Waals surface area contributed by atoms with E-state index in [2.05, 4.69) is 29.4 Å². The average molecular weight is 523 g/mol. The molecule has 1 heterocycles. The van der Waals surface area contributed by atoms with Crippen molar-refractivity contribution in [2.24, 2.45) is 5.14 Å². The number of nitrogens with two attached hydrogens (primary N) is 1. The van der Waals surface area contributed by atoms with E-state index in [1.807, 2.05) is 13.0 Å². The molecule has 4 N–H and O–H groups in total. The molecule has 0 radical (unpaired) electrons. The van der Waals surface area contributed by atoms with Crippen LogP contribution >= 0.6 is 0 Å². The maximum absolute atomic E-state index is 13.4. The maximum atomic E-state index is 13.4. The molecule has 0 aliphatic carbocycles. The number of nitrogens with one attached hydrogen (secondary N) is 2. The Labute approximate surface area is 208 Å². The fraction of sp³-hybridized carbons (Fsp3) is 0.360. The van der Waals surface area contributed by atoms with Gasteiger partial charge in [-0.15, -0.1) is 0 Å². The van der Waals surface area contributed by atoms with Gasteiger partial charge >= 0.3 is 6.18 Å². The summed E-state index contributed by atoms with van der Waals surface area (Å²) in [6.45, 7) is 3.03. The zero-order valence-corrected chi connectivity index (χ0v) is 21.1. The van der Waals surface area contributed by atoms with Crippen LogP contribution in [-0.2, 0) is 16.6 Å². The highest BCUT2D eigenvalue weighted by Gasteiger charge is 2.30. The van der Waals surface area contributed by atoms with Crippen LogP contribution in [0.25, 0.3) is 10.9 Å². The molecule has 7 nitrogen and oxygen atoms in total. The van der Waals surface area contributed by atoms with Crippen molar-refractivity contribution in [3.63, 3.8) is 0 Å². The molecule has 3 aromatic rings. The van der Waals surface area contributed by atoms with Gasteiger partial charge in [0.15, 0.2) is 0 Å². The maximum Gasteiger partial charge on any atom is 0.406 e. The predicted octanol–water partition coefficient (Wildman–Crippen LogP) is 4.92. The molecule has 36 heavy (non-hydrogen) atoms. The summed E-state index contributed by atoms with van der Waals surface area (Å²) in [6.07, 6.45) is -2.50. The van der Waals surface area contributed by atoms with Crippen molar-refractivity contribution >= 4 is 32.3 Å². The second kappa shape index (κ2) is 11.1. The summed E-state index contributed by atoms with van der Waals surface area (Å²) >= 11 is 0. The number of rotatable bonds is 9. The molecule has 0 bridgehead atoms.